The van der Waals surface area contributed by atoms with Crippen molar-refractivity contribution in [1.82, 2.24) is 0 Å². The van der Waals surface area contributed by atoms with Crippen LogP contribution in [-0.2, 0) is 0 Å². The SMILES string of the molecule is Br.O=C(O)c1ccc(I)c(I)c1I. The Morgan fingerprint density at radius 2 is 1.69 bits per heavy atom. The zero-order valence-corrected chi connectivity index (χ0v) is 14.2. The second kappa shape index (κ2) is 6.05. The molecule has 0 radical (unpaired) electrons. The topological polar surface area (TPSA) is 37.3 Å². The summed E-state index contributed by atoms with van der Waals surface area (Å²) in [7, 11) is 0. The fourth-order valence-electron chi connectivity index (χ4n) is 0.691. The molecule has 0 heterocycles. The van der Waals surface area contributed by atoms with Crippen molar-refractivity contribution in [2.24, 2.45) is 0 Å². The molecule has 2 nitrogen and oxygen atoms in total. The van der Waals surface area contributed by atoms with Crippen molar-refractivity contribution in [2.45, 2.75) is 0 Å². The van der Waals surface area contributed by atoms with Crippen molar-refractivity contribution >= 4 is 90.7 Å². The quantitative estimate of drug-likeness (QED) is 0.406. The summed E-state index contributed by atoms with van der Waals surface area (Å²) in [5, 5.41) is 8.77. The van der Waals surface area contributed by atoms with Crippen LogP contribution in [-0.4, -0.2) is 11.1 Å². The monoisotopic (exact) mass is 580 g/mol. The molecule has 0 saturated heterocycles. The Morgan fingerprint density at radius 3 is 2.15 bits per heavy atom. The van der Waals surface area contributed by atoms with Crippen molar-refractivity contribution in [3.8, 4) is 0 Å². The maximum absolute atomic E-state index is 10.7. The van der Waals surface area contributed by atoms with Gasteiger partial charge in [0.1, 0.15) is 0 Å². The van der Waals surface area contributed by atoms with Crippen LogP contribution in [0.5, 0.6) is 0 Å². The minimum absolute atomic E-state index is 0. The number of halogens is 4. The molecule has 72 valence electrons. The number of aromatic carboxylic acids is 1. The predicted molar refractivity (Wildman–Crippen MR) is 81.9 cm³/mol. The van der Waals surface area contributed by atoms with Crippen LogP contribution in [0.2, 0.25) is 0 Å². The summed E-state index contributed by atoms with van der Waals surface area (Å²) >= 11 is 6.39. The van der Waals surface area contributed by atoms with Crippen LogP contribution in [0.1, 0.15) is 10.4 Å². The molecule has 1 N–H and O–H groups in total. The molecule has 0 aliphatic carbocycles. The summed E-state index contributed by atoms with van der Waals surface area (Å²) in [5.74, 6) is -0.867. The van der Waals surface area contributed by atoms with E-state index in [0.717, 1.165) is 10.7 Å². The first-order valence-electron chi connectivity index (χ1n) is 2.91. The zero-order valence-electron chi connectivity index (χ0n) is 6.05. The second-order valence-corrected chi connectivity index (χ2v) is 5.35. The average molecular weight is 581 g/mol. The molecule has 13 heavy (non-hydrogen) atoms. The first-order chi connectivity index (χ1) is 5.54. The van der Waals surface area contributed by atoms with Crippen molar-refractivity contribution < 1.29 is 9.90 Å². The molecule has 0 fully saturated rings. The van der Waals surface area contributed by atoms with Gasteiger partial charge in [-0.05, 0) is 79.9 Å². The van der Waals surface area contributed by atoms with E-state index in [1.165, 1.54) is 0 Å². The highest BCUT2D eigenvalue weighted by atomic mass is 127. The van der Waals surface area contributed by atoms with Gasteiger partial charge in [0.05, 0.1) is 5.56 Å². The van der Waals surface area contributed by atoms with Crippen molar-refractivity contribution in [3.63, 3.8) is 0 Å². The van der Waals surface area contributed by atoms with E-state index in [0.29, 0.717) is 5.56 Å². The fraction of sp³-hybridized carbons (Fsp3) is 0. The summed E-state index contributed by atoms with van der Waals surface area (Å²) < 4.78 is 2.91. The van der Waals surface area contributed by atoms with Crippen LogP contribution >= 0.6 is 84.8 Å². The molecular formula is C7H4BrI3O2. The van der Waals surface area contributed by atoms with Crippen LogP contribution in [0.3, 0.4) is 0 Å². The standard InChI is InChI=1S/C7H3I3O2.BrH/c8-4-2-1-3(7(11)12)5(9)6(4)10;/h1-2H,(H,11,12);1H. The maximum Gasteiger partial charge on any atom is 0.336 e. The molecule has 0 aliphatic rings. The van der Waals surface area contributed by atoms with Crippen molar-refractivity contribution in [2.75, 3.05) is 0 Å². The number of hydrogen-bond donors (Lipinski definition) is 1. The van der Waals surface area contributed by atoms with E-state index in [2.05, 4.69) is 67.8 Å². The Morgan fingerprint density at radius 1 is 1.15 bits per heavy atom. The minimum Gasteiger partial charge on any atom is -0.478 e. The molecule has 6 heteroatoms. The first-order valence-corrected chi connectivity index (χ1v) is 6.14. The van der Waals surface area contributed by atoms with Gasteiger partial charge in [-0.15, -0.1) is 17.0 Å². The van der Waals surface area contributed by atoms with Gasteiger partial charge >= 0.3 is 5.97 Å². The summed E-state index contributed by atoms with van der Waals surface area (Å²) in [6.07, 6.45) is 0. The number of rotatable bonds is 1. The lowest BCUT2D eigenvalue weighted by Crippen LogP contribution is -2.02. The van der Waals surface area contributed by atoms with Crippen molar-refractivity contribution in [1.29, 1.82) is 0 Å². The highest BCUT2D eigenvalue weighted by molar-refractivity contribution is 14.1. The molecule has 0 unspecified atom stereocenters. The average Bonchev–Trinajstić information content (AvgIpc) is 2.00. The van der Waals surface area contributed by atoms with E-state index < -0.39 is 5.97 Å². The number of carbonyl (C=O) groups is 1. The molecule has 0 atom stereocenters. The Hall–Kier alpha value is 1.36. The summed E-state index contributed by atoms with van der Waals surface area (Å²) in [6, 6.07) is 3.45. The van der Waals surface area contributed by atoms with Gasteiger partial charge in [0, 0.05) is 10.7 Å². The summed E-state index contributed by atoms with van der Waals surface area (Å²) in [6.45, 7) is 0. The van der Waals surface area contributed by atoms with E-state index in [1.807, 2.05) is 6.07 Å². The Kier molecular flexibility index (Phi) is 6.69. The predicted octanol–water partition coefficient (Wildman–Crippen LogP) is 3.78. The van der Waals surface area contributed by atoms with Crippen molar-refractivity contribution in [3.05, 3.63) is 28.4 Å². The van der Waals surface area contributed by atoms with E-state index in [9.17, 15) is 4.79 Å². The minimum atomic E-state index is -0.867. The smallest absolute Gasteiger partial charge is 0.336 e. The van der Waals surface area contributed by atoms with Gasteiger partial charge in [-0.1, -0.05) is 0 Å². The Balaban J connectivity index is 0.00000144. The van der Waals surface area contributed by atoms with Gasteiger partial charge in [-0.2, -0.15) is 0 Å². The van der Waals surface area contributed by atoms with Gasteiger partial charge in [0.2, 0.25) is 0 Å². The van der Waals surface area contributed by atoms with E-state index in [-0.39, 0.29) is 17.0 Å². The van der Waals surface area contributed by atoms with Crippen LogP contribution in [0.25, 0.3) is 0 Å². The largest absolute Gasteiger partial charge is 0.478 e. The molecule has 0 aliphatic heterocycles. The fourth-order valence-corrected chi connectivity index (χ4v) is 2.83. The third-order valence-corrected chi connectivity index (χ3v) is 6.47. The summed E-state index contributed by atoms with van der Waals surface area (Å²) in [4.78, 5) is 10.7. The molecule has 0 bridgehead atoms. The van der Waals surface area contributed by atoms with E-state index >= 15 is 0 Å². The molecular weight excluding hydrogens is 577 g/mol. The van der Waals surface area contributed by atoms with Gasteiger partial charge in [0.25, 0.3) is 0 Å². The molecule has 1 aromatic rings. The van der Waals surface area contributed by atoms with Crippen LogP contribution in [0, 0.1) is 10.7 Å². The van der Waals surface area contributed by atoms with E-state index in [1.54, 1.807) is 6.07 Å². The number of carboxylic acid groups (broad SMARTS) is 1. The van der Waals surface area contributed by atoms with Crippen LogP contribution in [0.4, 0.5) is 0 Å². The highest BCUT2D eigenvalue weighted by Gasteiger charge is 2.12. The third kappa shape index (κ3) is 3.45. The highest BCUT2D eigenvalue weighted by Crippen LogP contribution is 2.24. The Labute approximate surface area is 127 Å². The molecule has 0 saturated carbocycles. The van der Waals surface area contributed by atoms with Crippen LogP contribution in [0.15, 0.2) is 12.1 Å². The molecule has 1 rings (SSSR count). The lowest BCUT2D eigenvalue weighted by Gasteiger charge is -2.02. The lowest BCUT2D eigenvalue weighted by molar-refractivity contribution is 0.0695. The maximum atomic E-state index is 10.7. The van der Waals surface area contributed by atoms with Crippen LogP contribution < -0.4 is 0 Å². The van der Waals surface area contributed by atoms with E-state index in [4.69, 9.17) is 5.11 Å². The number of hydrogen-bond acceptors (Lipinski definition) is 1. The molecule has 0 aromatic heterocycles. The van der Waals surface area contributed by atoms with Gasteiger partial charge in [-0.3, -0.25) is 0 Å². The van der Waals surface area contributed by atoms with Gasteiger partial charge in [-0.25, -0.2) is 4.79 Å². The normalized spacial score (nSPS) is 9.15. The first kappa shape index (κ1) is 14.4. The summed E-state index contributed by atoms with van der Waals surface area (Å²) in [5.41, 5.74) is 0.375. The molecule has 1 aromatic carbocycles. The zero-order chi connectivity index (χ0) is 9.30. The number of benzene rings is 1. The molecule has 0 amide bonds. The molecule has 0 spiro atoms. The number of carboxylic acids is 1. The second-order valence-electron chi connectivity index (χ2n) is 2.03. The lowest BCUT2D eigenvalue weighted by atomic mass is 10.2. The Bertz CT molecular complexity index is 341. The third-order valence-electron chi connectivity index (χ3n) is 1.27. The van der Waals surface area contributed by atoms with Gasteiger partial charge < -0.3 is 5.11 Å². The van der Waals surface area contributed by atoms with Gasteiger partial charge in [0.15, 0.2) is 0 Å².